The van der Waals surface area contributed by atoms with Crippen LogP contribution in [0.15, 0.2) is 30.3 Å². The Hall–Kier alpha value is -2.41. The Bertz CT molecular complexity index is 799. The van der Waals surface area contributed by atoms with E-state index in [9.17, 15) is 14.4 Å². The number of benzene rings is 1. The summed E-state index contributed by atoms with van der Waals surface area (Å²) in [5.74, 6) is 0.878. The van der Waals surface area contributed by atoms with Gasteiger partial charge in [-0.1, -0.05) is 43.2 Å². The van der Waals surface area contributed by atoms with Crippen LogP contribution < -0.4 is 15.6 Å². The fourth-order valence-corrected chi connectivity index (χ4v) is 5.34. The molecule has 7 nitrogen and oxygen atoms in total. The van der Waals surface area contributed by atoms with E-state index in [0.29, 0.717) is 25.3 Å². The molecule has 3 aliphatic rings. The van der Waals surface area contributed by atoms with Gasteiger partial charge in [0.15, 0.2) is 6.54 Å². The summed E-state index contributed by atoms with van der Waals surface area (Å²) in [6.45, 7) is 4.04. The van der Waals surface area contributed by atoms with Gasteiger partial charge in [-0.2, -0.15) is 5.01 Å². The zero-order valence-corrected chi connectivity index (χ0v) is 17.8. The third kappa shape index (κ3) is 4.51. The fourth-order valence-electron chi connectivity index (χ4n) is 5.34. The number of nitrogens with zero attached hydrogens (tertiary/aromatic N) is 1. The number of imide groups is 1. The maximum Gasteiger partial charge on any atom is 0.344 e. The molecule has 4 amide bonds. The van der Waals surface area contributed by atoms with E-state index in [-0.39, 0.29) is 5.91 Å². The van der Waals surface area contributed by atoms with Crippen molar-refractivity contribution in [1.82, 2.24) is 15.8 Å². The van der Waals surface area contributed by atoms with Crippen molar-refractivity contribution < 1.29 is 19.3 Å². The molecule has 2 saturated heterocycles. The van der Waals surface area contributed by atoms with E-state index in [1.165, 1.54) is 37.0 Å². The highest BCUT2D eigenvalue weighted by Gasteiger charge is 2.48. The van der Waals surface area contributed by atoms with E-state index in [4.69, 9.17) is 0 Å². The van der Waals surface area contributed by atoms with Crippen LogP contribution in [0.5, 0.6) is 0 Å². The lowest BCUT2D eigenvalue weighted by molar-refractivity contribution is -0.902. The van der Waals surface area contributed by atoms with Crippen molar-refractivity contribution in [3.8, 4) is 0 Å². The average molecular weight is 414 g/mol. The van der Waals surface area contributed by atoms with E-state index >= 15 is 0 Å². The van der Waals surface area contributed by atoms with Crippen molar-refractivity contribution in [3.63, 3.8) is 0 Å². The number of quaternary nitrogens is 1. The van der Waals surface area contributed by atoms with Gasteiger partial charge in [0.25, 0.3) is 11.8 Å². The zero-order valence-electron chi connectivity index (χ0n) is 17.8. The normalized spacial score (nSPS) is 31.2. The van der Waals surface area contributed by atoms with E-state index in [2.05, 4.69) is 10.7 Å². The largest absolute Gasteiger partial charge is 0.344 e. The number of fused-ring (bicyclic) bond motifs is 1. The SMILES string of the molecule is C[C@@]1(CCc2ccccc2)NC(=O)N(NC(=O)C[NH+]2CC[C@@H]3CCCC[C@@H]3C2)C1=O. The lowest BCUT2D eigenvalue weighted by Gasteiger charge is -2.38. The second-order valence-corrected chi connectivity index (χ2v) is 9.40. The standard InChI is InChI=1S/C23H32N4O3/c1-23(13-11-17-7-3-2-4-8-17)21(29)27(22(30)24-23)25-20(28)16-26-14-12-18-9-5-6-10-19(18)15-26/h2-4,7-8,18-19H,5-6,9-16H2,1H3,(H,24,30)(H,25,28)/p+1/t18-,19+,23-/m0/s1. The number of likely N-dealkylation sites (tertiary alicyclic amines) is 1. The van der Waals surface area contributed by atoms with Crippen LogP contribution in [0.25, 0.3) is 0 Å². The van der Waals surface area contributed by atoms with Crippen LogP contribution in [0.4, 0.5) is 4.79 Å². The molecule has 3 N–H and O–H groups in total. The molecule has 1 aromatic carbocycles. The fraction of sp³-hybridized carbons (Fsp3) is 0.609. The maximum atomic E-state index is 12.9. The number of aryl methyl sites for hydroxylation is 1. The summed E-state index contributed by atoms with van der Waals surface area (Å²) in [4.78, 5) is 39.2. The van der Waals surface area contributed by atoms with Crippen molar-refractivity contribution in [1.29, 1.82) is 0 Å². The smallest absolute Gasteiger partial charge is 0.327 e. The number of hydrazine groups is 1. The Kier molecular flexibility index (Phi) is 6.09. The lowest BCUT2D eigenvalue weighted by atomic mass is 9.75. The number of amides is 4. The number of carbonyl (C=O) groups is 3. The summed E-state index contributed by atoms with van der Waals surface area (Å²) in [6.07, 6.45) is 7.56. The van der Waals surface area contributed by atoms with Gasteiger partial charge in [0.1, 0.15) is 5.54 Å². The highest BCUT2D eigenvalue weighted by molar-refractivity contribution is 6.07. The van der Waals surface area contributed by atoms with Gasteiger partial charge >= 0.3 is 6.03 Å². The minimum Gasteiger partial charge on any atom is -0.327 e. The Morgan fingerprint density at radius 3 is 2.67 bits per heavy atom. The third-order valence-corrected chi connectivity index (χ3v) is 7.15. The van der Waals surface area contributed by atoms with Crippen molar-refractivity contribution in [2.45, 2.75) is 57.4 Å². The molecule has 4 atom stereocenters. The molecule has 0 spiro atoms. The first-order chi connectivity index (χ1) is 14.4. The molecule has 2 aliphatic heterocycles. The molecule has 0 radical (unpaired) electrons. The maximum absolute atomic E-state index is 12.9. The van der Waals surface area contributed by atoms with Crippen molar-refractivity contribution in [2.75, 3.05) is 19.6 Å². The Balaban J connectivity index is 1.30. The first-order valence-electron chi connectivity index (χ1n) is 11.3. The third-order valence-electron chi connectivity index (χ3n) is 7.15. The number of hydrogen-bond acceptors (Lipinski definition) is 3. The van der Waals surface area contributed by atoms with Gasteiger partial charge in [0.2, 0.25) is 0 Å². The number of hydrogen-bond donors (Lipinski definition) is 3. The number of carbonyl (C=O) groups excluding carboxylic acids is 3. The molecule has 1 saturated carbocycles. The molecule has 7 heteroatoms. The summed E-state index contributed by atoms with van der Waals surface area (Å²) < 4.78 is 0. The quantitative estimate of drug-likeness (QED) is 0.610. The van der Waals surface area contributed by atoms with Gasteiger partial charge in [-0.25, -0.2) is 4.79 Å². The summed E-state index contributed by atoms with van der Waals surface area (Å²) in [7, 11) is 0. The van der Waals surface area contributed by atoms with Crippen LogP contribution >= 0.6 is 0 Å². The minimum atomic E-state index is -1.01. The topological polar surface area (TPSA) is 83.0 Å². The molecule has 1 aliphatic carbocycles. The van der Waals surface area contributed by atoms with Crippen LogP contribution in [-0.2, 0) is 16.0 Å². The Morgan fingerprint density at radius 1 is 1.17 bits per heavy atom. The zero-order chi connectivity index (χ0) is 21.1. The Labute approximate surface area is 178 Å². The predicted molar refractivity (Wildman–Crippen MR) is 112 cm³/mol. The molecule has 0 aromatic heterocycles. The van der Waals surface area contributed by atoms with Crippen molar-refractivity contribution in [3.05, 3.63) is 35.9 Å². The molecule has 1 aromatic rings. The van der Waals surface area contributed by atoms with Crippen molar-refractivity contribution in [2.24, 2.45) is 11.8 Å². The van der Waals surface area contributed by atoms with Crippen molar-refractivity contribution >= 4 is 17.8 Å². The summed E-state index contributed by atoms with van der Waals surface area (Å²) in [5.41, 5.74) is 2.67. The highest BCUT2D eigenvalue weighted by atomic mass is 16.2. The molecule has 1 unspecified atom stereocenters. The molecular weight excluding hydrogens is 380 g/mol. The number of nitrogens with one attached hydrogen (secondary N) is 3. The van der Waals surface area contributed by atoms with Gasteiger partial charge in [0.05, 0.1) is 13.1 Å². The summed E-state index contributed by atoms with van der Waals surface area (Å²) in [5, 5.41) is 3.64. The average Bonchev–Trinajstić information content (AvgIpc) is 2.96. The monoisotopic (exact) mass is 413 g/mol. The number of rotatable bonds is 6. The van der Waals surface area contributed by atoms with Crippen LogP contribution in [0.2, 0.25) is 0 Å². The van der Waals surface area contributed by atoms with Gasteiger partial charge in [0, 0.05) is 5.92 Å². The molecule has 0 bridgehead atoms. The minimum absolute atomic E-state index is 0.268. The van der Waals surface area contributed by atoms with Gasteiger partial charge in [-0.15, -0.1) is 0 Å². The molecule has 30 heavy (non-hydrogen) atoms. The summed E-state index contributed by atoms with van der Waals surface area (Å²) in [6, 6.07) is 9.31. The Morgan fingerprint density at radius 2 is 1.90 bits per heavy atom. The lowest BCUT2D eigenvalue weighted by Crippen LogP contribution is -3.15. The first kappa shape index (κ1) is 20.8. The molecule has 3 fully saturated rings. The molecule has 162 valence electrons. The molecule has 2 heterocycles. The van der Waals surface area contributed by atoms with Crippen LogP contribution in [0, 0.1) is 11.8 Å². The van der Waals surface area contributed by atoms with Gasteiger partial charge in [-0.3, -0.25) is 15.0 Å². The highest BCUT2D eigenvalue weighted by Crippen LogP contribution is 2.32. The van der Waals surface area contributed by atoms with E-state index in [0.717, 1.165) is 29.6 Å². The van der Waals surface area contributed by atoms with Gasteiger partial charge < -0.3 is 10.2 Å². The second kappa shape index (κ2) is 8.76. The van der Waals surface area contributed by atoms with E-state index < -0.39 is 17.5 Å². The first-order valence-corrected chi connectivity index (χ1v) is 11.3. The summed E-state index contributed by atoms with van der Waals surface area (Å²) >= 11 is 0. The van der Waals surface area contributed by atoms with E-state index in [1.54, 1.807) is 6.92 Å². The predicted octanol–water partition coefficient (Wildman–Crippen LogP) is 1.06. The van der Waals surface area contributed by atoms with Gasteiger partial charge in [-0.05, 0) is 50.5 Å². The van der Waals surface area contributed by atoms with E-state index in [1.807, 2.05) is 30.3 Å². The van der Waals surface area contributed by atoms with Crippen LogP contribution in [0.3, 0.4) is 0 Å². The number of urea groups is 1. The van der Waals surface area contributed by atoms with Crippen LogP contribution in [0.1, 0.15) is 51.0 Å². The second-order valence-electron chi connectivity index (χ2n) is 9.40. The molecule has 4 rings (SSSR count). The molecular formula is C23H33N4O3+. The number of piperidine rings is 1. The van der Waals surface area contributed by atoms with Crippen LogP contribution in [-0.4, -0.2) is 48.0 Å².